The maximum Gasteiger partial charge on any atom is 0.243 e. The number of carbonyl (C=O) groups excluding carboxylic acids is 2. The minimum Gasteiger partial charge on any atom is -0.339 e. The summed E-state index contributed by atoms with van der Waals surface area (Å²) in [6.45, 7) is 7.17. The molecule has 1 aliphatic heterocycles. The molecule has 1 heterocycles. The van der Waals surface area contributed by atoms with Crippen LogP contribution < -0.4 is 0 Å². The number of hydrogen-bond acceptors (Lipinski definition) is 4. The van der Waals surface area contributed by atoms with Gasteiger partial charge in [0.25, 0.3) is 0 Å². The summed E-state index contributed by atoms with van der Waals surface area (Å²) < 4.78 is 26.1. The number of piperazine rings is 1. The highest BCUT2D eigenvalue weighted by atomic mass is 32.2. The van der Waals surface area contributed by atoms with Gasteiger partial charge in [-0.25, -0.2) is 8.42 Å². The van der Waals surface area contributed by atoms with Crippen molar-refractivity contribution in [2.45, 2.75) is 25.7 Å². The van der Waals surface area contributed by atoms with Gasteiger partial charge in [-0.05, 0) is 12.1 Å². The lowest BCUT2D eigenvalue weighted by Gasteiger charge is -2.38. The van der Waals surface area contributed by atoms with Gasteiger partial charge in [-0.2, -0.15) is 4.31 Å². The molecule has 1 aliphatic rings. The zero-order valence-corrected chi connectivity index (χ0v) is 16.6. The molecule has 0 N–H and O–H groups in total. The summed E-state index contributed by atoms with van der Waals surface area (Å²) in [6.07, 6.45) is 0. The van der Waals surface area contributed by atoms with E-state index in [0.29, 0.717) is 26.2 Å². The van der Waals surface area contributed by atoms with E-state index in [1.54, 1.807) is 28.0 Å². The Morgan fingerprint density at radius 2 is 1.50 bits per heavy atom. The summed E-state index contributed by atoms with van der Waals surface area (Å²) in [5.41, 5.74) is -0.448. The molecule has 144 valence electrons. The van der Waals surface area contributed by atoms with E-state index in [2.05, 4.69) is 0 Å². The summed E-state index contributed by atoms with van der Waals surface area (Å²) >= 11 is 0. The Labute approximate surface area is 155 Å². The van der Waals surface area contributed by atoms with Crippen molar-refractivity contribution in [2.24, 2.45) is 5.41 Å². The van der Waals surface area contributed by atoms with Crippen molar-refractivity contribution in [3.8, 4) is 0 Å². The van der Waals surface area contributed by atoms with E-state index in [0.717, 1.165) is 4.31 Å². The number of nitrogens with zero attached hydrogens (tertiary/aromatic N) is 3. The first kappa shape index (κ1) is 20.4. The van der Waals surface area contributed by atoms with E-state index < -0.39 is 15.4 Å². The molecule has 1 fully saturated rings. The van der Waals surface area contributed by atoms with Crippen LogP contribution in [0.25, 0.3) is 0 Å². The van der Waals surface area contributed by atoms with Crippen molar-refractivity contribution < 1.29 is 18.0 Å². The summed E-state index contributed by atoms with van der Waals surface area (Å²) in [5, 5.41) is 0. The average molecular weight is 381 g/mol. The van der Waals surface area contributed by atoms with E-state index in [1.807, 2.05) is 20.8 Å². The topological polar surface area (TPSA) is 78.0 Å². The summed E-state index contributed by atoms with van der Waals surface area (Å²) in [5.74, 6) is -0.191. The maximum absolute atomic E-state index is 12.5. The summed E-state index contributed by atoms with van der Waals surface area (Å²) in [7, 11) is -2.29. The van der Waals surface area contributed by atoms with E-state index in [-0.39, 0.29) is 23.3 Å². The fraction of sp³-hybridized carbons (Fsp3) is 0.556. The second-order valence-corrected chi connectivity index (χ2v) is 9.54. The highest BCUT2D eigenvalue weighted by molar-refractivity contribution is 7.89. The van der Waals surface area contributed by atoms with Crippen LogP contribution >= 0.6 is 0 Å². The van der Waals surface area contributed by atoms with Crippen molar-refractivity contribution in [1.29, 1.82) is 0 Å². The predicted octanol–water partition coefficient (Wildman–Crippen LogP) is 1.02. The monoisotopic (exact) mass is 381 g/mol. The lowest BCUT2D eigenvalue weighted by Crippen LogP contribution is -2.54. The normalized spacial score (nSPS) is 16.0. The van der Waals surface area contributed by atoms with Crippen LogP contribution in [0.15, 0.2) is 35.2 Å². The maximum atomic E-state index is 12.5. The predicted molar refractivity (Wildman–Crippen MR) is 98.9 cm³/mol. The van der Waals surface area contributed by atoms with Crippen LogP contribution in [-0.4, -0.2) is 74.1 Å². The zero-order valence-electron chi connectivity index (χ0n) is 15.8. The molecule has 0 aromatic heterocycles. The first-order valence-electron chi connectivity index (χ1n) is 8.62. The second kappa shape index (κ2) is 7.75. The number of amides is 2. The Morgan fingerprint density at radius 1 is 1.00 bits per heavy atom. The van der Waals surface area contributed by atoms with Gasteiger partial charge in [0.15, 0.2) is 0 Å². The minimum absolute atomic E-state index is 0.0633. The van der Waals surface area contributed by atoms with Crippen molar-refractivity contribution in [3.63, 3.8) is 0 Å². The van der Waals surface area contributed by atoms with E-state index in [4.69, 9.17) is 0 Å². The van der Waals surface area contributed by atoms with Gasteiger partial charge in [0, 0.05) is 38.6 Å². The van der Waals surface area contributed by atoms with Gasteiger partial charge < -0.3 is 9.80 Å². The highest BCUT2D eigenvalue weighted by Crippen LogP contribution is 2.19. The van der Waals surface area contributed by atoms with E-state index >= 15 is 0 Å². The molecule has 2 amide bonds. The van der Waals surface area contributed by atoms with Crippen LogP contribution in [0.4, 0.5) is 0 Å². The number of carbonyl (C=O) groups is 2. The Hall–Kier alpha value is -1.93. The molecule has 0 bridgehead atoms. The molecule has 0 unspecified atom stereocenters. The minimum atomic E-state index is -3.69. The molecule has 8 heteroatoms. The molecular weight excluding hydrogens is 354 g/mol. The largest absolute Gasteiger partial charge is 0.339 e. The Balaban J connectivity index is 1.94. The van der Waals surface area contributed by atoms with Crippen molar-refractivity contribution in [3.05, 3.63) is 30.3 Å². The lowest BCUT2D eigenvalue weighted by molar-refractivity contribution is -0.144. The molecule has 0 radical (unpaired) electrons. The fourth-order valence-electron chi connectivity index (χ4n) is 2.78. The summed E-state index contributed by atoms with van der Waals surface area (Å²) in [6, 6.07) is 8.05. The van der Waals surface area contributed by atoms with Gasteiger partial charge in [0.05, 0.1) is 11.4 Å². The van der Waals surface area contributed by atoms with Crippen LogP contribution in [0.3, 0.4) is 0 Å². The lowest BCUT2D eigenvalue weighted by atomic mass is 9.94. The molecular formula is C18H27N3O4S. The number of rotatable bonds is 4. The molecule has 26 heavy (non-hydrogen) atoms. The van der Waals surface area contributed by atoms with E-state index in [1.165, 1.54) is 19.2 Å². The first-order valence-corrected chi connectivity index (χ1v) is 10.1. The molecule has 2 rings (SSSR count). The molecule has 0 aliphatic carbocycles. The molecule has 0 saturated carbocycles. The molecule has 1 aromatic rings. The van der Waals surface area contributed by atoms with Gasteiger partial charge in [0.1, 0.15) is 0 Å². The Morgan fingerprint density at radius 3 is 2.00 bits per heavy atom. The fourth-order valence-corrected chi connectivity index (χ4v) is 3.92. The number of benzene rings is 1. The Kier molecular flexibility index (Phi) is 6.08. The third-order valence-corrected chi connectivity index (χ3v) is 6.19. The second-order valence-electron chi connectivity index (χ2n) is 7.50. The third-order valence-electron chi connectivity index (χ3n) is 4.37. The van der Waals surface area contributed by atoms with Crippen molar-refractivity contribution in [2.75, 3.05) is 39.8 Å². The van der Waals surface area contributed by atoms with E-state index in [9.17, 15) is 18.0 Å². The van der Waals surface area contributed by atoms with Crippen LogP contribution in [0, 0.1) is 5.41 Å². The summed E-state index contributed by atoms with van der Waals surface area (Å²) in [4.78, 5) is 28.3. The highest BCUT2D eigenvalue weighted by Gasteiger charge is 2.32. The standard InChI is InChI=1S/C18H27N3O4S/c1-18(2,3)17(23)21-12-10-20(11-13-21)16(22)14-19(4)26(24,25)15-8-6-5-7-9-15/h5-9H,10-14H2,1-4H3. The molecule has 1 saturated heterocycles. The zero-order chi connectivity index (χ0) is 19.5. The smallest absolute Gasteiger partial charge is 0.243 e. The van der Waals surface area contributed by atoms with Gasteiger partial charge in [-0.15, -0.1) is 0 Å². The van der Waals surface area contributed by atoms with Crippen LogP contribution in [0.2, 0.25) is 0 Å². The third kappa shape index (κ3) is 4.62. The van der Waals surface area contributed by atoms with Gasteiger partial charge in [-0.1, -0.05) is 39.0 Å². The van der Waals surface area contributed by atoms with Gasteiger partial charge in [-0.3, -0.25) is 9.59 Å². The number of hydrogen-bond donors (Lipinski definition) is 0. The van der Waals surface area contributed by atoms with Crippen LogP contribution in [-0.2, 0) is 19.6 Å². The van der Waals surface area contributed by atoms with Crippen LogP contribution in [0.1, 0.15) is 20.8 Å². The molecule has 7 nitrogen and oxygen atoms in total. The first-order chi connectivity index (χ1) is 12.0. The Bertz CT molecular complexity index is 748. The molecule has 0 spiro atoms. The number of likely N-dealkylation sites (N-methyl/N-ethyl adjacent to an activating group) is 1. The van der Waals surface area contributed by atoms with Crippen molar-refractivity contribution >= 4 is 21.8 Å². The van der Waals surface area contributed by atoms with Gasteiger partial charge >= 0.3 is 0 Å². The molecule has 1 aromatic carbocycles. The quantitative estimate of drug-likeness (QED) is 0.780. The van der Waals surface area contributed by atoms with Crippen LogP contribution in [0.5, 0.6) is 0 Å². The molecule has 0 atom stereocenters. The number of sulfonamides is 1. The van der Waals surface area contributed by atoms with Gasteiger partial charge in [0.2, 0.25) is 21.8 Å². The average Bonchev–Trinajstić information content (AvgIpc) is 2.61. The SMILES string of the molecule is CN(CC(=O)N1CCN(C(=O)C(C)(C)C)CC1)S(=O)(=O)c1ccccc1. The van der Waals surface area contributed by atoms with Crippen molar-refractivity contribution in [1.82, 2.24) is 14.1 Å².